The van der Waals surface area contributed by atoms with Crippen LogP contribution in [0.3, 0.4) is 0 Å². The molecule has 0 aliphatic carbocycles. The van der Waals surface area contributed by atoms with Crippen molar-refractivity contribution in [3.63, 3.8) is 0 Å². The Morgan fingerprint density at radius 1 is 1.48 bits per heavy atom. The highest BCUT2D eigenvalue weighted by Crippen LogP contribution is 2.31. The Balaban J connectivity index is 2.21. The number of nitrogens with zero attached hydrogens (tertiary/aromatic N) is 1. The molecule has 1 aromatic heterocycles. The number of amides is 1. The molecule has 1 amide bonds. The molecule has 3 unspecified atom stereocenters. The zero-order chi connectivity index (χ0) is 15.6. The topological polar surface area (TPSA) is 66.5 Å². The number of hydrogen-bond acceptors (Lipinski definition) is 5. The standard InChI is InChI=1S/C14H22N2O3S2/c1-4-10(2)12-14(17)16(7-9-21(3,18)19)13(15-12)11-6-5-8-20-11/h5-6,8,10,12-13,15H,4,7,9H2,1-3H3. The van der Waals surface area contributed by atoms with E-state index in [9.17, 15) is 13.2 Å². The van der Waals surface area contributed by atoms with E-state index in [1.54, 1.807) is 16.2 Å². The van der Waals surface area contributed by atoms with Crippen LogP contribution < -0.4 is 5.32 Å². The summed E-state index contributed by atoms with van der Waals surface area (Å²) in [5.41, 5.74) is 0. The Morgan fingerprint density at radius 2 is 2.19 bits per heavy atom. The molecule has 1 aliphatic rings. The number of thiophene rings is 1. The first-order valence-corrected chi connectivity index (χ1v) is 10.0. The van der Waals surface area contributed by atoms with Gasteiger partial charge >= 0.3 is 0 Å². The van der Waals surface area contributed by atoms with Gasteiger partial charge in [-0.15, -0.1) is 11.3 Å². The smallest absolute Gasteiger partial charge is 0.241 e. The molecule has 7 heteroatoms. The molecule has 5 nitrogen and oxygen atoms in total. The summed E-state index contributed by atoms with van der Waals surface area (Å²) in [7, 11) is -3.09. The molecule has 1 aliphatic heterocycles. The van der Waals surface area contributed by atoms with E-state index in [0.29, 0.717) is 0 Å². The van der Waals surface area contributed by atoms with Crippen LogP contribution in [0.25, 0.3) is 0 Å². The summed E-state index contributed by atoms with van der Waals surface area (Å²) in [6.45, 7) is 4.33. The van der Waals surface area contributed by atoms with Gasteiger partial charge in [-0.1, -0.05) is 26.3 Å². The van der Waals surface area contributed by atoms with Crippen molar-refractivity contribution in [2.75, 3.05) is 18.6 Å². The van der Waals surface area contributed by atoms with Crippen LogP contribution in [-0.2, 0) is 14.6 Å². The fourth-order valence-electron chi connectivity index (χ4n) is 2.47. The van der Waals surface area contributed by atoms with Gasteiger partial charge < -0.3 is 4.90 Å². The minimum Gasteiger partial charge on any atom is -0.320 e. The van der Waals surface area contributed by atoms with Gasteiger partial charge in [0.05, 0.1) is 11.8 Å². The Hall–Kier alpha value is -0.920. The largest absolute Gasteiger partial charge is 0.320 e. The molecule has 2 rings (SSSR count). The van der Waals surface area contributed by atoms with Crippen molar-refractivity contribution in [2.24, 2.45) is 5.92 Å². The van der Waals surface area contributed by atoms with Crippen LogP contribution in [0.1, 0.15) is 31.3 Å². The summed E-state index contributed by atoms with van der Waals surface area (Å²) in [5.74, 6) is 0.227. The van der Waals surface area contributed by atoms with Gasteiger partial charge in [-0.05, 0) is 17.4 Å². The maximum Gasteiger partial charge on any atom is 0.241 e. The third-order valence-corrected chi connectivity index (χ3v) is 5.78. The summed E-state index contributed by atoms with van der Waals surface area (Å²) in [5, 5.41) is 5.34. The van der Waals surface area contributed by atoms with E-state index in [1.165, 1.54) is 6.26 Å². The second-order valence-electron chi connectivity index (χ2n) is 5.61. The van der Waals surface area contributed by atoms with E-state index in [0.717, 1.165) is 11.3 Å². The van der Waals surface area contributed by atoms with Gasteiger partial charge in [0, 0.05) is 17.7 Å². The number of nitrogens with one attached hydrogen (secondary N) is 1. The number of sulfone groups is 1. The molecule has 1 aromatic rings. The molecule has 0 saturated carbocycles. The van der Waals surface area contributed by atoms with Crippen molar-refractivity contribution in [1.82, 2.24) is 10.2 Å². The molecule has 0 spiro atoms. The van der Waals surface area contributed by atoms with Crippen molar-refractivity contribution in [1.29, 1.82) is 0 Å². The SMILES string of the molecule is CCC(C)C1NC(c2cccs2)N(CCS(C)(=O)=O)C1=O. The third kappa shape index (κ3) is 3.84. The Morgan fingerprint density at radius 3 is 2.71 bits per heavy atom. The molecule has 1 saturated heterocycles. The second-order valence-corrected chi connectivity index (χ2v) is 8.85. The first-order valence-electron chi connectivity index (χ1n) is 7.11. The van der Waals surface area contributed by atoms with Crippen LogP contribution in [0.2, 0.25) is 0 Å². The highest BCUT2D eigenvalue weighted by atomic mass is 32.2. The number of hydrogen-bond donors (Lipinski definition) is 1. The van der Waals surface area contributed by atoms with Gasteiger partial charge in [0.2, 0.25) is 5.91 Å². The van der Waals surface area contributed by atoms with Crippen LogP contribution in [0.5, 0.6) is 0 Å². The zero-order valence-corrected chi connectivity index (χ0v) is 14.2. The first kappa shape index (κ1) is 16.5. The quantitative estimate of drug-likeness (QED) is 0.861. The summed E-state index contributed by atoms with van der Waals surface area (Å²) in [4.78, 5) is 15.3. The summed E-state index contributed by atoms with van der Waals surface area (Å²) in [6, 6.07) is 3.68. The molecule has 1 fully saturated rings. The Kier molecular flexibility index (Phi) is 5.06. The molecule has 2 heterocycles. The molecule has 3 atom stereocenters. The lowest BCUT2D eigenvalue weighted by atomic mass is 9.99. The van der Waals surface area contributed by atoms with Gasteiger partial charge in [0.1, 0.15) is 16.0 Å². The lowest BCUT2D eigenvalue weighted by Gasteiger charge is -2.22. The monoisotopic (exact) mass is 330 g/mol. The highest BCUT2D eigenvalue weighted by molar-refractivity contribution is 7.90. The van der Waals surface area contributed by atoms with Gasteiger partial charge in [0.15, 0.2) is 0 Å². The average Bonchev–Trinajstić information content (AvgIpc) is 3.02. The van der Waals surface area contributed by atoms with E-state index in [2.05, 4.69) is 12.2 Å². The molecule has 21 heavy (non-hydrogen) atoms. The third-order valence-electron chi connectivity index (χ3n) is 3.93. The molecule has 0 radical (unpaired) electrons. The van der Waals surface area contributed by atoms with E-state index < -0.39 is 9.84 Å². The minimum atomic E-state index is -3.09. The van der Waals surface area contributed by atoms with Gasteiger partial charge in [-0.3, -0.25) is 10.1 Å². The number of rotatable bonds is 6. The number of carbonyl (C=O) groups is 1. The highest BCUT2D eigenvalue weighted by Gasteiger charge is 2.42. The Bertz CT molecular complexity index is 583. The molecule has 0 aromatic carbocycles. The summed E-state index contributed by atoms with van der Waals surface area (Å²) >= 11 is 1.57. The molecular formula is C14H22N2O3S2. The van der Waals surface area contributed by atoms with Crippen LogP contribution in [0.15, 0.2) is 17.5 Å². The maximum absolute atomic E-state index is 12.6. The van der Waals surface area contributed by atoms with Crippen molar-refractivity contribution >= 4 is 27.1 Å². The fraction of sp³-hybridized carbons (Fsp3) is 0.643. The van der Waals surface area contributed by atoms with Crippen molar-refractivity contribution in [3.8, 4) is 0 Å². The van der Waals surface area contributed by atoms with Crippen molar-refractivity contribution in [2.45, 2.75) is 32.5 Å². The van der Waals surface area contributed by atoms with Gasteiger partial charge in [-0.2, -0.15) is 0 Å². The van der Waals surface area contributed by atoms with E-state index >= 15 is 0 Å². The molecule has 0 bridgehead atoms. The van der Waals surface area contributed by atoms with Crippen molar-refractivity contribution < 1.29 is 13.2 Å². The lowest BCUT2D eigenvalue weighted by Crippen LogP contribution is -2.37. The number of carbonyl (C=O) groups excluding carboxylic acids is 1. The van der Waals surface area contributed by atoms with Gasteiger partial charge in [-0.25, -0.2) is 8.42 Å². The van der Waals surface area contributed by atoms with E-state index in [4.69, 9.17) is 0 Å². The summed E-state index contributed by atoms with van der Waals surface area (Å²) in [6.07, 6.45) is 1.89. The Labute approximate surface area is 130 Å². The van der Waals surface area contributed by atoms with E-state index in [1.807, 2.05) is 24.4 Å². The fourth-order valence-corrected chi connectivity index (χ4v) is 3.79. The van der Waals surface area contributed by atoms with Crippen molar-refractivity contribution in [3.05, 3.63) is 22.4 Å². The van der Waals surface area contributed by atoms with Crippen LogP contribution >= 0.6 is 11.3 Å². The normalized spacial score (nSPS) is 24.5. The summed E-state index contributed by atoms with van der Waals surface area (Å²) < 4.78 is 22.8. The molecular weight excluding hydrogens is 308 g/mol. The van der Waals surface area contributed by atoms with Crippen LogP contribution in [0, 0.1) is 5.92 Å². The van der Waals surface area contributed by atoms with Crippen LogP contribution in [0.4, 0.5) is 0 Å². The van der Waals surface area contributed by atoms with Gasteiger partial charge in [0.25, 0.3) is 0 Å². The zero-order valence-electron chi connectivity index (χ0n) is 12.6. The molecule has 118 valence electrons. The lowest BCUT2D eigenvalue weighted by molar-refractivity contribution is -0.130. The second kappa shape index (κ2) is 6.46. The molecule has 1 N–H and O–H groups in total. The maximum atomic E-state index is 12.6. The minimum absolute atomic E-state index is 0.00444. The van der Waals surface area contributed by atoms with E-state index in [-0.39, 0.29) is 36.3 Å². The average molecular weight is 330 g/mol. The predicted molar refractivity (Wildman–Crippen MR) is 84.9 cm³/mol. The predicted octanol–water partition coefficient (Wildman–Crippen LogP) is 1.64. The van der Waals surface area contributed by atoms with Crippen LogP contribution in [-0.4, -0.2) is 43.8 Å². The first-order chi connectivity index (χ1) is 9.83.